The first-order chi connectivity index (χ1) is 8.48. The summed E-state index contributed by atoms with van der Waals surface area (Å²) in [5.74, 6) is 0. The van der Waals surface area contributed by atoms with Gasteiger partial charge >= 0.3 is 0 Å². The lowest BCUT2D eigenvalue weighted by Gasteiger charge is -2.19. The van der Waals surface area contributed by atoms with Gasteiger partial charge in [0.15, 0.2) is 0 Å². The Morgan fingerprint density at radius 1 is 1.00 bits per heavy atom. The van der Waals surface area contributed by atoms with Gasteiger partial charge in [-0.3, -0.25) is 0 Å². The van der Waals surface area contributed by atoms with E-state index in [0.717, 1.165) is 27.6 Å². The van der Waals surface area contributed by atoms with Gasteiger partial charge < -0.3 is 10.2 Å². The number of fused-ring (bicyclic) bond motifs is 3. The molecular weight excluding hydrogens is 222 g/mol. The maximum Gasteiger partial charge on any atom is 0.141 e. The second-order valence-electron chi connectivity index (χ2n) is 5.75. The molecule has 0 atom stereocenters. The van der Waals surface area contributed by atoms with Crippen molar-refractivity contribution in [2.75, 3.05) is 5.73 Å². The zero-order valence-electron chi connectivity index (χ0n) is 10.9. The molecule has 18 heavy (non-hydrogen) atoms. The third-order valence-electron chi connectivity index (χ3n) is 3.37. The van der Waals surface area contributed by atoms with E-state index in [1.54, 1.807) is 0 Å². The minimum atomic E-state index is 0.0415. The number of para-hydroxylation sites is 1. The van der Waals surface area contributed by atoms with Crippen LogP contribution in [0, 0.1) is 0 Å². The molecule has 0 aliphatic rings. The summed E-state index contributed by atoms with van der Waals surface area (Å²) < 4.78 is 6.01. The molecule has 1 aromatic heterocycles. The number of nitrogens with two attached hydrogens (primary N) is 1. The number of benzene rings is 2. The van der Waals surface area contributed by atoms with E-state index >= 15 is 0 Å². The summed E-state index contributed by atoms with van der Waals surface area (Å²) in [5.41, 5.74) is 9.96. The van der Waals surface area contributed by atoms with Crippen LogP contribution in [-0.4, -0.2) is 0 Å². The SMILES string of the molecule is CC(C)(C)c1ccc(N)c2c1oc1ccccc12. The smallest absolute Gasteiger partial charge is 0.141 e. The molecular formula is C16H17NO. The number of nitrogen functional groups attached to an aromatic ring is 1. The third-order valence-corrected chi connectivity index (χ3v) is 3.37. The van der Waals surface area contributed by atoms with E-state index in [1.165, 1.54) is 5.56 Å². The molecule has 3 aromatic rings. The van der Waals surface area contributed by atoms with Crippen molar-refractivity contribution >= 4 is 27.6 Å². The highest BCUT2D eigenvalue weighted by Crippen LogP contribution is 2.38. The van der Waals surface area contributed by atoms with E-state index < -0.39 is 0 Å². The van der Waals surface area contributed by atoms with Gasteiger partial charge in [0.2, 0.25) is 0 Å². The van der Waals surface area contributed by atoms with Gasteiger partial charge in [-0.05, 0) is 17.5 Å². The van der Waals surface area contributed by atoms with Crippen molar-refractivity contribution in [2.45, 2.75) is 26.2 Å². The predicted octanol–water partition coefficient (Wildman–Crippen LogP) is 4.47. The van der Waals surface area contributed by atoms with E-state index in [1.807, 2.05) is 24.3 Å². The zero-order valence-corrected chi connectivity index (χ0v) is 10.9. The van der Waals surface area contributed by atoms with Crippen LogP contribution in [0.3, 0.4) is 0 Å². The van der Waals surface area contributed by atoms with Crippen LogP contribution in [-0.2, 0) is 5.41 Å². The fourth-order valence-electron chi connectivity index (χ4n) is 2.44. The Morgan fingerprint density at radius 2 is 1.72 bits per heavy atom. The molecule has 0 fully saturated rings. The van der Waals surface area contributed by atoms with Crippen molar-refractivity contribution in [3.8, 4) is 0 Å². The van der Waals surface area contributed by atoms with E-state index in [-0.39, 0.29) is 5.41 Å². The molecule has 2 N–H and O–H groups in total. The molecule has 2 nitrogen and oxygen atoms in total. The minimum absolute atomic E-state index is 0.0415. The molecule has 92 valence electrons. The number of anilines is 1. The van der Waals surface area contributed by atoms with Crippen LogP contribution in [0.1, 0.15) is 26.3 Å². The molecule has 3 rings (SSSR count). The summed E-state index contributed by atoms with van der Waals surface area (Å²) in [4.78, 5) is 0. The molecule has 0 saturated heterocycles. The Hall–Kier alpha value is -1.96. The number of hydrogen-bond donors (Lipinski definition) is 1. The van der Waals surface area contributed by atoms with Crippen molar-refractivity contribution in [1.82, 2.24) is 0 Å². The summed E-state index contributed by atoms with van der Waals surface area (Å²) in [6.45, 7) is 6.56. The Kier molecular flexibility index (Phi) is 2.18. The van der Waals surface area contributed by atoms with E-state index in [2.05, 4.69) is 32.9 Å². The lowest BCUT2D eigenvalue weighted by Crippen LogP contribution is -2.11. The first-order valence-corrected chi connectivity index (χ1v) is 6.18. The fourth-order valence-corrected chi connectivity index (χ4v) is 2.44. The fraction of sp³-hybridized carbons (Fsp3) is 0.250. The Morgan fingerprint density at radius 3 is 2.44 bits per heavy atom. The third kappa shape index (κ3) is 1.49. The Labute approximate surface area is 106 Å². The van der Waals surface area contributed by atoms with Gasteiger partial charge in [0, 0.05) is 16.6 Å². The van der Waals surface area contributed by atoms with Gasteiger partial charge in [0.05, 0.1) is 5.39 Å². The maximum absolute atomic E-state index is 6.12. The highest BCUT2D eigenvalue weighted by molar-refractivity contribution is 6.11. The summed E-state index contributed by atoms with van der Waals surface area (Å²) >= 11 is 0. The van der Waals surface area contributed by atoms with Gasteiger partial charge in [-0.1, -0.05) is 45.0 Å². The summed E-state index contributed by atoms with van der Waals surface area (Å²) in [5, 5.41) is 2.13. The summed E-state index contributed by atoms with van der Waals surface area (Å²) in [6.07, 6.45) is 0. The molecule has 0 aliphatic heterocycles. The van der Waals surface area contributed by atoms with Gasteiger partial charge in [-0.15, -0.1) is 0 Å². The van der Waals surface area contributed by atoms with Crippen molar-refractivity contribution in [1.29, 1.82) is 0 Å². The molecule has 0 aliphatic carbocycles. The number of rotatable bonds is 0. The first kappa shape index (κ1) is 11.1. The van der Waals surface area contributed by atoms with Crippen molar-refractivity contribution in [3.05, 3.63) is 42.0 Å². The molecule has 1 heterocycles. The molecule has 0 amide bonds. The molecule has 0 radical (unpaired) electrons. The van der Waals surface area contributed by atoms with Crippen molar-refractivity contribution < 1.29 is 4.42 Å². The van der Waals surface area contributed by atoms with E-state index in [0.29, 0.717) is 0 Å². The highest BCUT2D eigenvalue weighted by Gasteiger charge is 2.21. The highest BCUT2D eigenvalue weighted by atomic mass is 16.3. The van der Waals surface area contributed by atoms with Gasteiger partial charge in [0.25, 0.3) is 0 Å². The van der Waals surface area contributed by atoms with Crippen LogP contribution in [0.2, 0.25) is 0 Å². The Bertz CT molecular complexity index is 732. The van der Waals surface area contributed by atoms with Crippen LogP contribution in [0.25, 0.3) is 21.9 Å². The summed E-state index contributed by atoms with van der Waals surface area (Å²) in [6, 6.07) is 12.1. The van der Waals surface area contributed by atoms with E-state index in [4.69, 9.17) is 10.2 Å². The minimum Gasteiger partial charge on any atom is -0.456 e. The first-order valence-electron chi connectivity index (χ1n) is 6.18. The number of hydrogen-bond acceptors (Lipinski definition) is 2. The lowest BCUT2D eigenvalue weighted by atomic mass is 9.85. The summed E-state index contributed by atoms with van der Waals surface area (Å²) in [7, 11) is 0. The largest absolute Gasteiger partial charge is 0.456 e. The van der Waals surface area contributed by atoms with Gasteiger partial charge in [0.1, 0.15) is 11.2 Å². The van der Waals surface area contributed by atoms with Crippen LogP contribution in [0.5, 0.6) is 0 Å². The van der Waals surface area contributed by atoms with Crippen molar-refractivity contribution in [2.24, 2.45) is 0 Å². The zero-order chi connectivity index (χ0) is 12.9. The van der Waals surface area contributed by atoms with Crippen molar-refractivity contribution in [3.63, 3.8) is 0 Å². The molecule has 2 heteroatoms. The monoisotopic (exact) mass is 239 g/mol. The molecule has 2 aromatic carbocycles. The van der Waals surface area contributed by atoms with Gasteiger partial charge in [-0.2, -0.15) is 0 Å². The van der Waals surface area contributed by atoms with Crippen LogP contribution < -0.4 is 5.73 Å². The predicted molar refractivity (Wildman–Crippen MR) is 76.8 cm³/mol. The average molecular weight is 239 g/mol. The quantitative estimate of drug-likeness (QED) is 0.588. The van der Waals surface area contributed by atoms with Gasteiger partial charge in [-0.25, -0.2) is 0 Å². The topological polar surface area (TPSA) is 39.2 Å². The molecule has 0 unspecified atom stereocenters. The average Bonchev–Trinajstić information content (AvgIpc) is 2.67. The maximum atomic E-state index is 6.12. The Balaban J connectivity index is 2.53. The molecule has 0 bridgehead atoms. The lowest BCUT2D eigenvalue weighted by molar-refractivity contribution is 0.573. The molecule has 0 spiro atoms. The second kappa shape index (κ2) is 3.52. The van der Waals surface area contributed by atoms with E-state index in [9.17, 15) is 0 Å². The molecule has 0 saturated carbocycles. The van der Waals surface area contributed by atoms with Crippen LogP contribution in [0.15, 0.2) is 40.8 Å². The van der Waals surface area contributed by atoms with Crippen LogP contribution in [0.4, 0.5) is 5.69 Å². The normalized spacial score (nSPS) is 12.4. The second-order valence-corrected chi connectivity index (χ2v) is 5.75. The number of furan rings is 1. The van der Waals surface area contributed by atoms with Crippen LogP contribution >= 0.6 is 0 Å². The standard InChI is InChI=1S/C16H17NO/c1-16(2,3)11-8-9-12(17)14-10-6-4-5-7-13(10)18-15(11)14/h4-9H,17H2,1-3H3.